The van der Waals surface area contributed by atoms with E-state index in [9.17, 15) is 9.59 Å². The second-order valence-corrected chi connectivity index (χ2v) is 7.57. The van der Waals surface area contributed by atoms with Crippen molar-refractivity contribution in [1.82, 2.24) is 0 Å². The van der Waals surface area contributed by atoms with Gasteiger partial charge in [-0.15, -0.1) is 0 Å². The maximum atomic E-state index is 11.6. The van der Waals surface area contributed by atoms with Crippen molar-refractivity contribution in [2.75, 3.05) is 13.2 Å². The normalized spacial score (nSPS) is 10.5. The summed E-state index contributed by atoms with van der Waals surface area (Å²) in [6.07, 6.45) is 17.0. The molecule has 27 heavy (non-hydrogen) atoms. The van der Waals surface area contributed by atoms with Gasteiger partial charge in [0, 0.05) is 12.8 Å². The molecule has 0 aliphatic heterocycles. The van der Waals surface area contributed by atoms with E-state index < -0.39 is 0 Å². The average Bonchev–Trinajstić information content (AvgIpc) is 2.62. The molecule has 0 saturated carbocycles. The second-order valence-electron chi connectivity index (χ2n) is 7.57. The van der Waals surface area contributed by atoms with Crippen LogP contribution in [0.1, 0.15) is 111 Å². The van der Waals surface area contributed by atoms with Crippen molar-refractivity contribution in [3.8, 4) is 0 Å². The molecular weight excluding hydrogens is 340 g/mol. The predicted octanol–water partition coefficient (Wildman–Crippen LogP) is 6.52. The maximum absolute atomic E-state index is 11.6. The van der Waals surface area contributed by atoms with Crippen molar-refractivity contribution in [3.63, 3.8) is 0 Å². The number of carbonyl (C=O) groups excluding carboxylic acids is 2. The molecule has 0 saturated heterocycles. The Morgan fingerprint density at radius 1 is 0.667 bits per heavy atom. The number of esters is 2. The zero-order valence-corrected chi connectivity index (χ0v) is 18.0. The summed E-state index contributed by atoms with van der Waals surface area (Å²) >= 11 is 0. The molecule has 0 aromatic heterocycles. The van der Waals surface area contributed by atoms with Gasteiger partial charge in [-0.2, -0.15) is 0 Å². The van der Waals surface area contributed by atoms with Gasteiger partial charge in [-0.25, -0.2) is 0 Å². The van der Waals surface area contributed by atoms with Crippen LogP contribution in [-0.4, -0.2) is 25.2 Å². The molecule has 0 aliphatic carbocycles. The fourth-order valence-corrected chi connectivity index (χ4v) is 2.77. The largest absolute Gasteiger partial charge is 0.466 e. The third-order valence-electron chi connectivity index (χ3n) is 4.51. The van der Waals surface area contributed by atoms with Gasteiger partial charge in [-0.3, -0.25) is 9.59 Å². The van der Waals surface area contributed by atoms with Crippen molar-refractivity contribution >= 4 is 11.9 Å². The van der Waals surface area contributed by atoms with Crippen LogP contribution in [0, 0.1) is 0 Å². The van der Waals surface area contributed by atoms with Crippen molar-refractivity contribution in [2.45, 2.75) is 111 Å². The van der Waals surface area contributed by atoms with Crippen molar-refractivity contribution < 1.29 is 19.1 Å². The van der Waals surface area contributed by atoms with E-state index in [0.29, 0.717) is 19.6 Å². The van der Waals surface area contributed by atoms with Crippen molar-refractivity contribution in [1.29, 1.82) is 0 Å². The zero-order valence-electron chi connectivity index (χ0n) is 18.0. The van der Waals surface area contributed by atoms with Crippen LogP contribution in [-0.2, 0) is 19.1 Å². The molecule has 0 unspecified atom stereocenters. The SMILES string of the molecule is CCCCCCCCCCCCCOC(=O)CCCC(=O)OCC=C(C)C. The van der Waals surface area contributed by atoms with Gasteiger partial charge < -0.3 is 9.47 Å². The molecule has 158 valence electrons. The van der Waals surface area contributed by atoms with Crippen LogP contribution < -0.4 is 0 Å². The Bertz CT molecular complexity index is 397. The van der Waals surface area contributed by atoms with Crippen molar-refractivity contribution in [2.24, 2.45) is 0 Å². The van der Waals surface area contributed by atoms with Crippen LogP contribution in [0.15, 0.2) is 11.6 Å². The van der Waals surface area contributed by atoms with E-state index in [1.807, 2.05) is 19.9 Å². The van der Waals surface area contributed by atoms with Gasteiger partial charge in [0.2, 0.25) is 0 Å². The highest BCUT2D eigenvalue weighted by Gasteiger charge is 2.06. The number of unbranched alkanes of at least 4 members (excludes halogenated alkanes) is 10. The van der Waals surface area contributed by atoms with Crippen LogP contribution in [0.5, 0.6) is 0 Å². The van der Waals surface area contributed by atoms with Gasteiger partial charge in [0.05, 0.1) is 6.61 Å². The second kappa shape index (κ2) is 19.4. The smallest absolute Gasteiger partial charge is 0.306 e. The van der Waals surface area contributed by atoms with E-state index in [2.05, 4.69) is 6.92 Å². The Morgan fingerprint density at radius 2 is 1.15 bits per heavy atom. The average molecular weight is 383 g/mol. The minimum Gasteiger partial charge on any atom is -0.466 e. The molecule has 0 rings (SSSR count). The Labute approximate surface area is 167 Å². The molecule has 4 heteroatoms. The molecule has 0 aromatic carbocycles. The third kappa shape index (κ3) is 20.8. The predicted molar refractivity (Wildman–Crippen MR) is 112 cm³/mol. The molecule has 0 atom stereocenters. The third-order valence-corrected chi connectivity index (χ3v) is 4.51. The summed E-state index contributed by atoms with van der Waals surface area (Å²) in [5.74, 6) is -0.468. The molecule has 0 aliphatic rings. The number of hydrogen-bond acceptors (Lipinski definition) is 4. The fraction of sp³-hybridized carbons (Fsp3) is 0.826. The van der Waals surface area contributed by atoms with E-state index in [0.717, 1.165) is 18.4 Å². The maximum Gasteiger partial charge on any atom is 0.306 e. The molecule has 0 bridgehead atoms. The monoisotopic (exact) mass is 382 g/mol. The summed E-state index contributed by atoms with van der Waals surface area (Å²) in [5, 5.41) is 0. The summed E-state index contributed by atoms with van der Waals surface area (Å²) in [7, 11) is 0. The molecular formula is C23H42O4. The lowest BCUT2D eigenvalue weighted by Gasteiger charge is -2.05. The van der Waals surface area contributed by atoms with Gasteiger partial charge in [0.15, 0.2) is 0 Å². The van der Waals surface area contributed by atoms with Gasteiger partial charge in [-0.05, 0) is 32.8 Å². The number of rotatable bonds is 18. The number of allylic oxidation sites excluding steroid dienone is 1. The highest BCUT2D eigenvalue weighted by Crippen LogP contribution is 2.11. The molecule has 0 spiro atoms. The van der Waals surface area contributed by atoms with Crippen molar-refractivity contribution in [3.05, 3.63) is 11.6 Å². The van der Waals surface area contributed by atoms with Crippen LogP contribution >= 0.6 is 0 Å². The molecule has 0 N–H and O–H groups in total. The molecule has 4 nitrogen and oxygen atoms in total. The summed E-state index contributed by atoms with van der Waals surface area (Å²) < 4.78 is 10.3. The topological polar surface area (TPSA) is 52.6 Å². The lowest BCUT2D eigenvalue weighted by atomic mass is 10.1. The van der Waals surface area contributed by atoms with E-state index in [-0.39, 0.29) is 24.8 Å². The quantitative estimate of drug-likeness (QED) is 0.154. The Kier molecular flexibility index (Phi) is 18.5. The van der Waals surface area contributed by atoms with Gasteiger partial charge in [-0.1, -0.05) is 76.7 Å². The lowest BCUT2D eigenvalue weighted by Crippen LogP contribution is -2.09. The number of carbonyl (C=O) groups is 2. The van der Waals surface area contributed by atoms with Gasteiger partial charge in [0.25, 0.3) is 0 Å². The summed E-state index contributed by atoms with van der Waals surface area (Å²) in [4.78, 5) is 23.1. The molecule has 0 radical (unpaired) electrons. The van der Waals surface area contributed by atoms with Crippen LogP contribution in [0.3, 0.4) is 0 Å². The first kappa shape index (κ1) is 25.7. The van der Waals surface area contributed by atoms with Crippen LogP contribution in [0.25, 0.3) is 0 Å². The standard InChI is InChI=1S/C23H42O4/c1-4-5-6-7-8-9-10-11-12-13-14-19-26-22(24)16-15-17-23(25)27-20-18-21(2)3/h18H,4-17,19-20H2,1-3H3. The van der Waals surface area contributed by atoms with Crippen LogP contribution in [0.2, 0.25) is 0 Å². The van der Waals surface area contributed by atoms with E-state index in [1.165, 1.54) is 57.8 Å². The highest BCUT2D eigenvalue weighted by molar-refractivity contribution is 5.72. The first-order valence-corrected chi connectivity index (χ1v) is 11.0. The van der Waals surface area contributed by atoms with E-state index in [4.69, 9.17) is 9.47 Å². The summed E-state index contributed by atoms with van der Waals surface area (Å²) in [6.45, 7) is 6.98. The molecule has 0 aromatic rings. The molecule has 0 amide bonds. The summed E-state index contributed by atoms with van der Waals surface area (Å²) in [6, 6.07) is 0. The molecule has 0 heterocycles. The number of ether oxygens (including phenoxy) is 2. The van der Waals surface area contributed by atoms with E-state index >= 15 is 0 Å². The van der Waals surface area contributed by atoms with Gasteiger partial charge in [0.1, 0.15) is 6.61 Å². The minimum atomic E-state index is -0.259. The lowest BCUT2D eigenvalue weighted by molar-refractivity contribution is -0.145. The van der Waals surface area contributed by atoms with Gasteiger partial charge >= 0.3 is 11.9 Å². The fourth-order valence-electron chi connectivity index (χ4n) is 2.77. The minimum absolute atomic E-state index is 0.209. The first-order chi connectivity index (χ1) is 13.1. The Morgan fingerprint density at radius 3 is 1.67 bits per heavy atom. The Balaban J connectivity index is 3.32. The zero-order chi connectivity index (χ0) is 20.2. The number of hydrogen-bond donors (Lipinski definition) is 0. The van der Waals surface area contributed by atoms with Crippen LogP contribution in [0.4, 0.5) is 0 Å². The molecule has 0 fully saturated rings. The van der Waals surface area contributed by atoms with E-state index in [1.54, 1.807) is 0 Å². The summed E-state index contributed by atoms with van der Waals surface area (Å²) in [5.41, 5.74) is 1.12. The Hall–Kier alpha value is -1.32. The highest BCUT2D eigenvalue weighted by atomic mass is 16.5. The first-order valence-electron chi connectivity index (χ1n) is 11.0.